The molecule has 0 radical (unpaired) electrons. The second-order valence-electron chi connectivity index (χ2n) is 6.02. The smallest absolute Gasteiger partial charge is 0.211 e. The highest BCUT2D eigenvalue weighted by molar-refractivity contribution is 7.16. The predicted octanol–water partition coefficient (Wildman–Crippen LogP) is 4.89. The summed E-state index contributed by atoms with van der Waals surface area (Å²) in [5.74, 6) is 0. The van der Waals surface area contributed by atoms with Gasteiger partial charge in [-0.05, 0) is 30.3 Å². The van der Waals surface area contributed by atoms with Crippen molar-refractivity contribution in [2.75, 3.05) is 36.0 Å². The molecule has 0 bridgehead atoms. The van der Waals surface area contributed by atoms with E-state index in [4.69, 9.17) is 23.2 Å². The largest absolute Gasteiger partial charge is 0.367 e. The molecule has 3 nitrogen and oxygen atoms in total. The van der Waals surface area contributed by atoms with Gasteiger partial charge in [-0.15, -0.1) is 11.3 Å². The lowest BCUT2D eigenvalue weighted by atomic mass is 10.2. The number of para-hydroxylation sites is 1. The Labute approximate surface area is 160 Å². The van der Waals surface area contributed by atoms with Crippen LogP contribution >= 0.6 is 34.5 Å². The van der Waals surface area contributed by atoms with Crippen LogP contribution in [-0.2, 0) is 0 Å². The lowest BCUT2D eigenvalue weighted by molar-refractivity contribution is 0.653. The van der Waals surface area contributed by atoms with Gasteiger partial charge in [0.1, 0.15) is 0 Å². The van der Waals surface area contributed by atoms with E-state index in [-0.39, 0.29) is 5.43 Å². The van der Waals surface area contributed by atoms with Crippen LogP contribution in [0.5, 0.6) is 0 Å². The molecule has 1 aliphatic rings. The molecule has 2 aromatic carbocycles. The molecule has 25 heavy (non-hydrogen) atoms. The Balaban J connectivity index is 1.59. The molecule has 1 fully saturated rings. The molecule has 3 aromatic rings. The molecule has 2 heterocycles. The zero-order valence-corrected chi connectivity index (χ0v) is 15.7. The van der Waals surface area contributed by atoms with E-state index in [1.165, 1.54) is 0 Å². The highest BCUT2D eigenvalue weighted by Crippen LogP contribution is 2.28. The summed E-state index contributed by atoms with van der Waals surface area (Å²) in [4.78, 5) is 17.3. The van der Waals surface area contributed by atoms with E-state index in [1.54, 1.807) is 17.4 Å². The van der Waals surface area contributed by atoms with Crippen molar-refractivity contribution < 1.29 is 0 Å². The van der Waals surface area contributed by atoms with Gasteiger partial charge < -0.3 is 9.80 Å². The number of anilines is 2. The minimum Gasteiger partial charge on any atom is -0.367 e. The van der Waals surface area contributed by atoms with Crippen LogP contribution in [0.3, 0.4) is 0 Å². The minimum atomic E-state index is 0.0578. The van der Waals surface area contributed by atoms with Gasteiger partial charge in [0.25, 0.3) is 0 Å². The molecular formula is C19H16Cl2N2OS. The van der Waals surface area contributed by atoms with Crippen molar-refractivity contribution in [3.63, 3.8) is 0 Å². The summed E-state index contributed by atoms with van der Waals surface area (Å²) in [5.41, 5.74) is 1.88. The maximum absolute atomic E-state index is 12.9. The number of piperazine rings is 1. The van der Waals surface area contributed by atoms with Gasteiger partial charge in [0.2, 0.25) is 5.43 Å². The predicted molar refractivity (Wildman–Crippen MR) is 109 cm³/mol. The van der Waals surface area contributed by atoms with Crippen LogP contribution in [0.2, 0.25) is 10.0 Å². The SMILES string of the molecule is O=c1c(N2CCN(c3ccccc3Cl)CC2)csc2ccc(Cl)cc12. The fraction of sp³-hybridized carbons (Fsp3) is 0.211. The molecule has 128 valence electrons. The highest BCUT2D eigenvalue weighted by atomic mass is 35.5. The molecule has 1 aromatic heterocycles. The molecule has 0 saturated carbocycles. The molecule has 0 N–H and O–H groups in total. The Morgan fingerprint density at radius 3 is 2.28 bits per heavy atom. The maximum Gasteiger partial charge on any atom is 0.211 e. The van der Waals surface area contributed by atoms with Crippen molar-refractivity contribution in [3.8, 4) is 0 Å². The second kappa shape index (κ2) is 6.87. The minimum absolute atomic E-state index is 0.0578. The van der Waals surface area contributed by atoms with E-state index in [0.29, 0.717) is 10.4 Å². The Morgan fingerprint density at radius 2 is 1.56 bits per heavy atom. The van der Waals surface area contributed by atoms with Crippen molar-refractivity contribution in [1.82, 2.24) is 0 Å². The molecule has 6 heteroatoms. The van der Waals surface area contributed by atoms with E-state index in [9.17, 15) is 4.79 Å². The number of nitrogens with zero attached hydrogens (tertiary/aromatic N) is 2. The topological polar surface area (TPSA) is 23.6 Å². The average Bonchev–Trinajstić information content (AvgIpc) is 2.63. The normalized spacial score (nSPS) is 15.0. The van der Waals surface area contributed by atoms with E-state index < -0.39 is 0 Å². The number of hydrogen-bond acceptors (Lipinski definition) is 4. The fourth-order valence-corrected chi connectivity index (χ4v) is 4.56. The molecule has 4 rings (SSSR count). The summed E-state index contributed by atoms with van der Waals surface area (Å²) in [6, 6.07) is 13.4. The molecule has 1 aliphatic heterocycles. The van der Waals surface area contributed by atoms with E-state index >= 15 is 0 Å². The number of hydrogen-bond donors (Lipinski definition) is 0. The van der Waals surface area contributed by atoms with Gasteiger partial charge in [-0.1, -0.05) is 35.3 Å². The summed E-state index contributed by atoms with van der Waals surface area (Å²) in [5, 5.41) is 4.02. The van der Waals surface area contributed by atoms with Crippen molar-refractivity contribution in [3.05, 3.63) is 68.1 Å². The first-order valence-corrected chi connectivity index (χ1v) is 9.72. The monoisotopic (exact) mass is 390 g/mol. The van der Waals surface area contributed by atoms with Gasteiger partial charge in [0.15, 0.2) is 0 Å². The zero-order chi connectivity index (χ0) is 17.4. The number of fused-ring (bicyclic) bond motifs is 1. The highest BCUT2D eigenvalue weighted by Gasteiger charge is 2.21. The molecule has 0 spiro atoms. The Bertz CT molecular complexity index is 981. The molecular weight excluding hydrogens is 375 g/mol. The summed E-state index contributed by atoms with van der Waals surface area (Å²) >= 11 is 13.9. The van der Waals surface area contributed by atoms with E-state index in [1.807, 2.05) is 41.8 Å². The maximum atomic E-state index is 12.9. The standard InChI is InChI=1S/C19H16Cl2N2OS/c20-13-5-6-18-14(11-13)19(24)17(12-25-18)23-9-7-22(8-10-23)16-4-2-1-3-15(16)21/h1-6,11-12H,7-10H2. The van der Waals surface area contributed by atoms with Gasteiger partial charge in [-0.25, -0.2) is 0 Å². The van der Waals surface area contributed by atoms with Crippen LogP contribution in [-0.4, -0.2) is 26.2 Å². The van der Waals surface area contributed by atoms with Crippen LogP contribution < -0.4 is 15.2 Å². The fourth-order valence-electron chi connectivity index (χ4n) is 3.21. The Kier molecular flexibility index (Phi) is 4.59. The lowest BCUT2D eigenvalue weighted by Gasteiger charge is -2.37. The van der Waals surface area contributed by atoms with Crippen molar-refractivity contribution in [1.29, 1.82) is 0 Å². The summed E-state index contributed by atoms with van der Waals surface area (Å²) < 4.78 is 0.966. The van der Waals surface area contributed by atoms with E-state index in [0.717, 1.165) is 47.3 Å². The van der Waals surface area contributed by atoms with Gasteiger partial charge in [-0.3, -0.25) is 4.79 Å². The molecule has 0 unspecified atom stereocenters. The van der Waals surface area contributed by atoms with Gasteiger partial charge in [0.05, 0.1) is 16.4 Å². The first-order valence-electron chi connectivity index (χ1n) is 8.09. The van der Waals surface area contributed by atoms with Crippen molar-refractivity contribution >= 4 is 56.0 Å². The van der Waals surface area contributed by atoms with Crippen LogP contribution in [0.25, 0.3) is 10.1 Å². The van der Waals surface area contributed by atoms with Crippen molar-refractivity contribution in [2.24, 2.45) is 0 Å². The molecule has 0 amide bonds. The lowest BCUT2D eigenvalue weighted by Crippen LogP contribution is -2.47. The van der Waals surface area contributed by atoms with Gasteiger partial charge in [0, 0.05) is 46.7 Å². The Morgan fingerprint density at radius 1 is 0.880 bits per heavy atom. The van der Waals surface area contributed by atoms with Gasteiger partial charge in [-0.2, -0.15) is 0 Å². The third-order valence-electron chi connectivity index (χ3n) is 4.53. The van der Waals surface area contributed by atoms with Crippen LogP contribution in [0.1, 0.15) is 0 Å². The number of halogens is 2. The summed E-state index contributed by atoms with van der Waals surface area (Å²) in [6.07, 6.45) is 0. The second-order valence-corrected chi connectivity index (χ2v) is 7.77. The van der Waals surface area contributed by atoms with Crippen LogP contribution in [0.15, 0.2) is 52.6 Å². The van der Waals surface area contributed by atoms with E-state index in [2.05, 4.69) is 9.80 Å². The van der Waals surface area contributed by atoms with Gasteiger partial charge >= 0.3 is 0 Å². The quantitative estimate of drug-likeness (QED) is 0.621. The molecule has 0 aliphatic carbocycles. The van der Waals surface area contributed by atoms with Crippen molar-refractivity contribution in [2.45, 2.75) is 0 Å². The van der Waals surface area contributed by atoms with Crippen LogP contribution in [0, 0.1) is 0 Å². The first kappa shape index (κ1) is 16.7. The third-order valence-corrected chi connectivity index (χ3v) is 6.04. The zero-order valence-electron chi connectivity index (χ0n) is 13.4. The van der Waals surface area contributed by atoms with Crippen LogP contribution in [0.4, 0.5) is 11.4 Å². The number of rotatable bonds is 2. The average molecular weight is 391 g/mol. The first-order chi connectivity index (χ1) is 12.1. The molecule has 0 atom stereocenters. The summed E-state index contributed by atoms with van der Waals surface area (Å²) in [7, 11) is 0. The molecule has 1 saturated heterocycles. The third kappa shape index (κ3) is 3.22. The summed E-state index contributed by atoms with van der Waals surface area (Å²) in [6.45, 7) is 3.25. The number of benzene rings is 2. The Hall–Kier alpha value is -1.75.